The van der Waals surface area contributed by atoms with E-state index in [1.165, 1.54) is 6.33 Å². The second-order valence-electron chi connectivity index (χ2n) is 2.76. The molecule has 2 rings (SSSR count). The van der Waals surface area contributed by atoms with Gasteiger partial charge in [0.05, 0.1) is 17.4 Å². The van der Waals surface area contributed by atoms with E-state index in [0.29, 0.717) is 21.5 Å². The fourth-order valence-corrected chi connectivity index (χ4v) is 1.21. The average molecular weight is 191 g/mol. The van der Waals surface area contributed by atoms with Crippen molar-refractivity contribution in [1.29, 1.82) is 0 Å². The van der Waals surface area contributed by atoms with Crippen LogP contribution in [0.3, 0.4) is 0 Å². The fourth-order valence-electron chi connectivity index (χ4n) is 1.21. The van der Waals surface area contributed by atoms with Crippen LogP contribution < -0.4 is 11.1 Å². The highest BCUT2D eigenvalue weighted by Crippen LogP contribution is 2.17. The number of primary amides is 1. The zero-order chi connectivity index (χ0) is 10.1. The van der Waals surface area contributed by atoms with Gasteiger partial charge in [0.1, 0.15) is 0 Å². The van der Waals surface area contributed by atoms with Crippen LogP contribution in [-0.2, 0) is 0 Å². The largest absolute Gasteiger partial charge is 0.805 e. The molecule has 14 heavy (non-hydrogen) atoms. The Hall–Kier alpha value is -2.24. The van der Waals surface area contributed by atoms with Crippen LogP contribution in [0, 0.1) is 5.21 Å². The molecule has 0 unspecified atom stereocenters. The number of hydrogen-bond donors (Lipinski definition) is 2. The highest BCUT2D eigenvalue weighted by molar-refractivity contribution is 5.90. The Balaban J connectivity index is 2.46. The Labute approximate surface area is 78.9 Å². The molecule has 0 aliphatic rings. The number of rotatable bonds is 1. The summed E-state index contributed by atoms with van der Waals surface area (Å²) in [6.07, 6.45) is 1.17. The van der Waals surface area contributed by atoms with E-state index >= 15 is 0 Å². The van der Waals surface area contributed by atoms with Crippen molar-refractivity contribution in [3.8, 4) is 0 Å². The molecule has 1 aromatic carbocycles. The number of nitrogens with two attached hydrogens (primary N) is 1. The third-order valence-corrected chi connectivity index (χ3v) is 1.78. The van der Waals surface area contributed by atoms with Gasteiger partial charge in [0.2, 0.25) is 0 Å². The molecular formula is C8H7N4O2-. The number of carbonyl (C=O) groups excluding carboxylic acids is 1. The number of imidazole rings is 1. The lowest BCUT2D eigenvalue weighted by Crippen LogP contribution is -2.19. The van der Waals surface area contributed by atoms with Crippen LogP contribution in [0.5, 0.6) is 0 Å². The molecule has 0 aliphatic carbocycles. The summed E-state index contributed by atoms with van der Waals surface area (Å²) >= 11 is 0. The van der Waals surface area contributed by atoms with E-state index in [4.69, 9.17) is 5.73 Å². The number of nitrogens with zero attached hydrogens (tertiary/aromatic N) is 2. The maximum absolute atomic E-state index is 11.1. The summed E-state index contributed by atoms with van der Waals surface area (Å²) in [4.78, 5) is 14.4. The van der Waals surface area contributed by atoms with Crippen molar-refractivity contribution in [3.05, 3.63) is 29.7 Å². The van der Waals surface area contributed by atoms with Crippen LogP contribution in [0.1, 0.15) is 0 Å². The van der Waals surface area contributed by atoms with Crippen molar-refractivity contribution in [2.24, 2.45) is 5.73 Å². The van der Waals surface area contributed by atoms with Crippen LogP contribution in [0.25, 0.3) is 11.0 Å². The third-order valence-electron chi connectivity index (χ3n) is 1.78. The predicted molar refractivity (Wildman–Crippen MR) is 51.7 cm³/mol. The van der Waals surface area contributed by atoms with E-state index in [1.807, 2.05) is 0 Å². The van der Waals surface area contributed by atoms with E-state index in [1.54, 1.807) is 18.2 Å². The number of aromatic nitrogens is 2. The van der Waals surface area contributed by atoms with Crippen LogP contribution in [-0.4, -0.2) is 15.7 Å². The molecule has 0 radical (unpaired) electrons. The molecule has 2 aromatic rings. The minimum Gasteiger partial charge on any atom is -0.805 e. The van der Waals surface area contributed by atoms with Crippen LogP contribution in [0.15, 0.2) is 24.5 Å². The topological polar surface area (TPSA) is 96.0 Å². The SMILES string of the molecule is NC(=O)Nc1ccc2c(c1)ncn2[O-]. The van der Waals surface area contributed by atoms with Gasteiger partial charge in [0.25, 0.3) is 0 Å². The Bertz CT molecular complexity index is 491. The molecule has 2 amide bonds. The zero-order valence-electron chi connectivity index (χ0n) is 7.10. The Morgan fingerprint density at radius 3 is 3.07 bits per heavy atom. The number of hydrogen-bond acceptors (Lipinski definition) is 3. The lowest BCUT2D eigenvalue weighted by Gasteiger charge is -2.06. The first-order chi connectivity index (χ1) is 6.66. The minimum absolute atomic E-state index is 0.458. The van der Waals surface area contributed by atoms with Crippen LogP contribution >= 0.6 is 0 Å². The first kappa shape index (κ1) is 8.36. The summed E-state index contributed by atoms with van der Waals surface area (Å²) in [5.74, 6) is 0. The molecule has 0 fully saturated rings. The molecule has 0 bridgehead atoms. The van der Waals surface area contributed by atoms with Crippen molar-refractivity contribution < 1.29 is 4.79 Å². The smallest absolute Gasteiger partial charge is 0.316 e. The molecule has 0 spiro atoms. The molecule has 0 atom stereocenters. The van der Waals surface area contributed by atoms with Crippen molar-refractivity contribution >= 4 is 22.8 Å². The number of fused-ring (bicyclic) bond motifs is 1. The zero-order valence-corrected chi connectivity index (χ0v) is 7.10. The van der Waals surface area contributed by atoms with Gasteiger partial charge in [0.15, 0.2) is 0 Å². The molecule has 0 saturated heterocycles. The number of urea groups is 1. The van der Waals surface area contributed by atoms with E-state index < -0.39 is 6.03 Å². The van der Waals surface area contributed by atoms with Crippen molar-refractivity contribution in [3.63, 3.8) is 0 Å². The van der Waals surface area contributed by atoms with Crippen molar-refractivity contribution in [1.82, 2.24) is 9.71 Å². The summed E-state index contributed by atoms with van der Waals surface area (Å²) in [5.41, 5.74) is 6.43. The average Bonchev–Trinajstić information content (AvgIpc) is 2.46. The van der Waals surface area contributed by atoms with Gasteiger partial charge in [-0.3, -0.25) is 0 Å². The van der Waals surface area contributed by atoms with Gasteiger partial charge in [-0.25, -0.2) is 9.78 Å². The quantitative estimate of drug-likeness (QED) is 0.699. The number of anilines is 1. The molecule has 6 nitrogen and oxygen atoms in total. The standard InChI is InChI=1S/C8H7N4O2/c9-8(13)11-5-1-2-7-6(3-5)10-4-12(7)14/h1-4H,(H3,9,11,13)/q-1. The molecule has 0 aliphatic heterocycles. The molecule has 1 aromatic heterocycles. The summed E-state index contributed by atoms with van der Waals surface area (Å²) in [6.45, 7) is 0. The number of nitrogens with one attached hydrogen (secondary N) is 1. The van der Waals surface area contributed by atoms with Crippen molar-refractivity contribution in [2.75, 3.05) is 5.32 Å². The van der Waals surface area contributed by atoms with Gasteiger partial charge in [-0.2, -0.15) is 0 Å². The van der Waals surface area contributed by atoms with E-state index in [2.05, 4.69) is 10.3 Å². The lowest BCUT2D eigenvalue weighted by atomic mass is 10.3. The Morgan fingerprint density at radius 1 is 1.57 bits per heavy atom. The lowest BCUT2D eigenvalue weighted by molar-refractivity contribution is 0.259. The second-order valence-corrected chi connectivity index (χ2v) is 2.76. The van der Waals surface area contributed by atoms with Crippen molar-refractivity contribution in [2.45, 2.75) is 0 Å². The first-order valence-corrected chi connectivity index (χ1v) is 3.88. The summed E-state index contributed by atoms with van der Waals surface area (Å²) in [7, 11) is 0. The molecular weight excluding hydrogens is 184 g/mol. The van der Waals surface area contributed by atoms with E-state index in [0.717, 1.165) is 0 Å². The van der Waals surface area contributed by atoms with Crippen LogP contribution in [0.4, 0.5) is 10.5 Å². The minimum atomic E-state index is -0.647. The summed E-state index contributed by atoms with van der Waals surface area (Å²) in [5, 5.41) is 13.4. The fraction of sp³-hybridized carbons (Fsp3) is 0. The summed E-state index contributed by atoms with van der Waals surface area (Å²) in [6, 6.07) is 4.09. The third kappa shape index (κ3) is 1.33. The van der Waals surface area contributed by atoms with Gasteiger partial charge < -0.3 is 21.0 Å². The van der Waals surface area contributed by atoms with Gasteiger partial charge in [-0.1, -0.05) is 0 Å². The Morgan fingerprint density at radius 2 is 2.36 bits per heavy atom. The van der Waals surface area contributed by atoms with E-state index in [9.17, 15) is 10.0 Å². The van der Waals surface area contributed by atoms with Gasteiger partial charge in [-0.15, -0.1) is 0 Å². The molecule has 6 heteroatoms. The highest BCUT2D eigenvalue weighted by atomic mass is 16.5. The predicted octanol–water partition coefficient (Wildman–Crippen LogP) is 0.873. The number of benzene rings is 1. The van der Waals surface area contributed by atoms with E-state index in [-0.39, 0.29) is 0 Å². The van der Waals surface area contributed by atoms with Crippen LogP contribution in [0.2, 0.25) is 0 Å². The van der Waals surface area contributed by atoms with Gasteiger partial charge in [0, 0.05) is 5.69 Å². The normalized spacial score (nSPS) is 10.3. The number of amides is 2. The molecule has 1 heterocycles. The molecule has 3 N–H and O–H groups in total. The van der Waals surface area contributed by atoms with Gasteiger partial charge >= 0.3 is 6.03 Å². The van der Waals surface area contributed by atoms with Gasteiger partial charge in [-0.05, 0) is 18.2 Å². The molecule has 72 valence electrons. The highest BCUT2D eigenvalue weighted by Gasteiger charge is 2.00. The first-order valence-electron chi connectivity index (χ1n) is 3.88. The second kappa shape index (κ2) is 2.91. The molecule has 0 saturated carbocycles. The Kier molecular flexibility index (Phi) is 1.74. The maximum Gasteiger partial charge on any atom is 0.316 e. The monoisotopic (exact) mass is 191 g/mol. The number of carbonyl (C=O) groups is 1. The maximum atomic E-state index is 11.1. The summed E-state index contributed by atoms with van der Waals surface area (Å²) < 4.78 is 0.656.